The van der Waals surface area contributed by atoms with Gasteiger partial charge in [0.2, 0.25) is 5.79 Å². The molecule has 0 aromatic rings. The summed E-state index contributed by atoms with van der Waals surface area (Å²) in [5.41, 5.74) is 0. The van der Waals surface area contributed by atoms with Gasteiger partial charge >= 0.3 is 0 Å². The summed E-state index contributed by atoms with van der Waals surface area (Å²) in [7, 11) is 0. The topological polar surface area (TPSA) is 57.2 Å². The normalized spacial score (nSPS) is 38.2. The van der Waals surface area contributed by atoms with E-state index in [1.807, 2.05) is 13.8 Å². The average molecular weight is 218 g/mol. The third-order valence-electron chi connectivity index (χ3n) is 2.81. The average Bonchev–Trinajstić information content (AvgIpc) is 2.72. The van der Waals surface area contributed by atoms with Gasteiger partial charge in [-0.2, -0.15) is 0 Å². The highest BCUT2D eigenvalue weighted by Crippen LogP contribution is 2.37. The van der Waals surface area contributed by atoms with Crippen molar-refractivity contribution in [2.24, 2.45) is 0 Å². The number of ether oxygens (including phenoxy) is 4. The van der Waals surface area contributed by atoms with Gasteiger partial charge in [0.1, 0.15) is 24.9 Å². The van der Waals surface area contributed by atoms with Crippen molar-refractivity contribution in [3.8, 4) is 0 Å². The molecule has 5 heteroatoms. The van der Waals surface area contributed by atoms with Gasteiger partial charge in [-0.15, -0.1) is 0 Å². The molecule has 5 nitrogen and oxygen atoms in total. The monoisotopic (exact) mass is 218 g/mol. The molecule has 0 saturated carbocycles. The number of aliphatic hydroxyl groups excluding tert-OH is 1. The molecule has 2 heterocycles. The Hall–Kier alpha value is -0.200. The van der Waals surface area contributed by atoms with Gasteiger partial charge in [0, 0.05) is 13.2 Å². The Morgan fingerprint density at radius 2 is 1.93 bits per heavy atom. The van der Waals surface area contributed by atoms with Crippen molar-refractivity contribution >= 4 is 0 Å². The first-order valence-electron chi connectivity index (χ1n) is 5.42. The molecule has 88 valence electrons. The summed E-state index contributed by atoms with van der Waals surface area (Å²) >= 11 is 0. The van der Waals surface area contributed by atoms with Crippen LogP contribution in [0, 0.1) is 0 Å². The minimum atomic E-state index is -0.828. The Morgan fingerprint density at radius 3 is 2.53 bits per heavy atom. The summed E-state index contributed by atoms with van der Waals surface area (Å²) in [6.45, 7) is 5.48. The molecule has 2 fully saturated rings. The lowest BCUT2D eigenvalue weighted by molar-refractivity contribution is -0.268. The van der Waals surface area contributed by atoms with Crippen LogP contribution in [0.5, 0.6) is 0 Å². The van der Waals surface area contributed by atoms with Crippen LogP contribution in [-0.4, -0.2) is 55.6 Å². The molecule has 3 atom stereocenters. The molecule has 0 aliphatic carbocycles. The van der Waals surface area contributed by atoms with Crippen molar-refractivity contribution in [2.75, 3.05) is 26.4 Å². The number of rotatable bonds is 4. The van der Waals surface area contributed by atoms with Gasteiger partial charge < -0.3 is 24.1 Å². The molecule has 0 radical (unpaired) electrons. The molecule has 0 amide bonds. The third-order valence-corrected chi connectivity index (χ3v) is 2.81. The summed E-state index contributed by atoms with van der Waals surface area (Å²) in [5.74, 6) is -0.828. The van der Waals surface area contributed by atoms with E-state index in [1.54, 1.807) is 0 Å². The van der Waals surface area contributed by atoms with E-state index in [4.69, 9.17) is 18.9 Å². The Bertz CT molecular complexity index is 214. The molecule has 2 rings (SSSR count). The third kappa shape index (κ3) is 1.79. The highest BCUT2D eigenvalue weighted by molar-refractivity contribution is 5.00. The standard InChI is InChI=1S/C10H18O5/c1-3-14-10(15-4-2)6-13-8-7(11)5-12-9(8)10/h7-9,11H,3-6H2,1-2H3. The Morgan fingerprint density at radius 1 is 1.27 bits per heavy atom. The molecular formula is C10H18O5. The van der Waals surface area contributed by atoms with Gasteiger partial charge in [0.05, 0.1) is 6.61 Å². The van der Waals surface area contributed by atoms with Crippen LogP contribution in [0.15, 0.2) is 0 Å². The smallest absolute Gasteiger partial charge is 0.221 e. The Labute approximate surface area is 89.3 Å². The van der Waals surface area contributed by atoms with E-state index < -0.39 is 11.9 Å². The zero-order valence-electron chi connectivity index (χ0n) is 9.14. The van der Waals surface area contributed by atoms with E-state index >= 15 is 0 Å². The Balaban J connectivity index is 2.12. The fraction of sp³-hybridized carbons (Fsp3) is 1.00. The van der Waals surface area contributed by atoms with Crippen molar-refractivity contribution in [2.45, 2.75) is 37.9 Å². The van der Waals surface area contributed by atoms with Gasteiger partial charge in [-0.25, -0.2) is 0 Å². The largest absolute Gasteiger partial charge is 0.388 e. The van der Waals surface area contributed by atoms with Crippen molar-refractivity contribution < 1.29 is 24.1 Å². The Kier molecular flexibility index (Phi) is 3.27. The summed E-state index contributed by atoms with van der Waals surface area (Å²) in [5, 5.41) is 9.61. The number of hydrogen-bond acceptors (Lipinski definition) is 5. The molecule has 0 spiro atoms. The maximum atomic E-state index is 9.61. The lowest BCUT2D eigenvalue weighted by atomic mass is 10.1. The van der Waals surface area contributed by atoms with Crippen molar-refractivity contribution in [3.63, 3.8) is 0 Å². The van der Waals surface area contributed by atoms with Crippen LogP contribution in [0.3, 0.4) is 0 Å². The quantitative estimate of drug-likeness (QED) is 0.668. The highest BCUT2D eigenvalue weighted by Gasteiger charge is 2.58. The van der Waals surface area contributed by atoms with Crippen LogP contribution in [0.2, 0.25) is 0 Å². The number of fused-ring (bicyclic) bond motifs is 1. The first-order chi connectivity index (χ1) is 7.23. The van der Waals surface area contributed by atoms with Gasteiger partial charge in [-0.1, -0.05) is 0 Å². The zero-order chi connectivity index (χ0) is 10.9. The van der Waals surface area contributed by atoms with Crippen molar-refractivity contribution in [1.82, 2.24) is 0 Å². The van der Waals surface area contributed by atoms with E-state index in [1.165, 1.54) is 0 Å². The molecule has 1 N–H and O–H groups in total. The van der Waals surface area contributed by atoms with Crippen LogP contribution < -0.4 is 0 Å². The van der Waals surface area contributed by atoms with E-state index in [-0.39, 0.29) is 18.8 Å². The van der Waals surface area contributed by atoms with E-state index in [0.717, 1.165) is 0 Å². The molecule has 0 aromatic heterocycles. The molecule has 0 bridgehead atoms. The minimum Gasteiger partial charge on any atom is -0.388 e. The highest BCUT2D eigenvalue weighted by atomic mass is 16.8. The molecule has 2 aliphatic rings. The SMILES string of the molecule is CCOC1(OCC)COC2C(O)COC21. The molecule has 3 unspecified atom stereocenters. The fourth-order valence-electron chi connectivity index (χ4n) is 2.24. The van der Waals surface area contributed by atoms with Gasteiger partial charge in [0.25, 0.3) is 0 Å². The lowest BCUT2D eigenvalue weighted by Gasteiger charge is -2.31. The van der Waals surface area contributed by atoms with E-state index in [0.29, 0.717) is 19.8 Å². The minimum absolute atomic E-state index is 0.289. The second-order valence-electron chi connectivity index (χ2n) is 3.77. The first kappa shape index (κ1) is 11.3. The predicted molar refractivity (Wildman–Crippen MR) is 51.5 cm³/mol. The zero-order valence-corrected chi connectivity index (χ0v) is 9.14. The van der Waals surface area contributed by atoms with E-state index in [9.17, 15) is 5.11 Å². The van der Waals surface area contributed by atoms with E-state index in [2.05, 4.69) is 0 Å². The van der Waals surface area contributed by atoms with Crippen molar-refractivity contribution in [3.05, 3.63) is 0 Å². The maximum absolute atomic E-state index is 9.61. The van der Waals surface area contributed by atoms with Crippen LogP contribution >= 0.6 is 0 Å². The van der Waals surface area contributed by atoms with Crippen LogP contribution in [-0.2, 0) is 18.9 Å². The van der Waals surface area contributed by atoms with Crippen molar-refractivity contribution in [1.29, 1.82) is 0 Å². The predicted octanol–water partition coefficient (Wildman–Crippen LogP) is -0.0858. The molecule has 15 heavy (non-hydrogen) atoms. The molecule has 2 aliphatic heterocycles. The van der Waals surface area contributed by atoms with Crippen LogP contribution in [0.4, 0.5) is 0 Å². The molecular weight excluding hydrogens is 200 g/mol. The summed E-state index contributed by atoms with van der Waals surface area (Å²) in [6.07, 6.45) is -1.20. The second-order valence-corrected chi connectivity index (χ2v) is 3.77. The van der Waals surface area contributed by atoms with Gasteiger partial charge in [-0.3, -0.25) is 0 Å². The lowest BCUT2D eigenvalue weighted by Crippen LogP contribution is -2.48. The maximum Gasteiger partial charge on any atom is 0.221 e. The summed E-state index contributed by atoms with van der Waals surface area (Å²) < 4.78 is 22.2. The fourth-order valence-corrected chi connectivity index (χ4v) is 2.24. The number of hydrogen-bond donors (Lipinski definition) is 1. The molecule has 2 saturated heterocycles. The van der Waals surface area contributed by atoms with Gasteiger partial charge in [-0.05, 0) is 13.8 Å². The first-order valence-corrected chi connectivity index (χ1v) is 5.42. The van der Waals surface area contributed by atoms with Gasteiger partial charge in [0.15, 0.2) is 0 Å². The van der Waals surface area contributed by atoms with Crippen LogP contribution in [0.1, 0.15) is 13.8 Å². The molecule has 0 aromatic carbocycles. The van der Waals surface area contributed by atoms with Crippen LogP contribution in [0.25, 0.3) is 0 Å². The summed E-state index contributed by atoms with van der Waals surface area (Å²) in [4.78, 5) is 0. The number of aliphatic hydroxyl groups is 1. The second kappa shape index (κ2) is 4.35. The summed E-state index contributed by atoms with van der Waals surface area (Å²) in [6, 6.07) is 0.